The minimum absolute atomic E-state index is 0.197. The highest BCUT2D eigenvalue weighted by atomic mass is 16.6. The van der Waals surface area contributed by atoms with Gasteiger partial charge in [0.15, 0.2) is 0 Å². The second-order valence-electron chi connectivity index (χ2n) is 6.97. The van der Waals surface area contributed by atoms with Crippen LogP contribution >= 0.6 is 0 Å². The summed E-state index contributed by atoms with van der Waals surface area (Å²) in [4.78, 5) is 12.2. The number of carbonyl (C=O) groups is 1. The van der Waals surface area contributed by atoms with Crippen LogP contribution in [-0.4, -0.2) is 43.5 Å². The Bertz CT molecular complexity index is 724. The van der Waals surface area contributed by atoms with Gasteiger partial charge in [0.25, 0.3) is 0 Å². The first-order chi connectivity index (χ1) is 13.6. The van der Waals surface area contributed by atoms with Gasteiger partial charge in [-0.05, 0) is 18.1 Å². The predicted molar refractivity (Wildman–Crippen MR) is 103 cm³/mol. The third kappa shape index (κ3) is 5.87. The molecule has 6 nitrogen and oxygen atoms in total. The lowest BCUT2D eigenvalue weighted by molar-refractivity contribution is -0.415. The SMILES string of the molecule is C[C@H]1OC(=O)[C@H]([NH3+])COC[C@H](OCc2ccccc2)[C@H]1OCc1ccccc1. The molecule has 0 radical (unpaired) electrons. The molecule has 1 aliphatic rings. The molecule has 1 aliphatic heterocycles. The van der Waals surface area contributed by atoms with Crippen LogP contribution in [0.1, 0.15) is 18.1 Å². The summed E-state index contributed by atoms with van der Waals surface area (Å²) in [6, 6.07) is 19.2. The van der Waals surface area contributed by atoms with Crippen molar-refractivity contribution in [1.82, 2.24) is 0 Å². The zero-order valence-corrected chi connectivity index (χ0v) is 16.2. The largest absolute Gasteiger partial charge is 0.455 e. The van der Waals surface area contributed by atoms with E-state index in [2.05, 4.69) is 5.73 Å². The summed E-state index contributed by atoms with van der Waals surface area (Å²) < 4.78 is 23.6. The average molecular weight is 386 g/mol. The molecular formula is C22H28NO5+. The van der Waals surface area contributed by atoms with Crippen molar-refractivity contribution in [2.45, 2.75) is 44.5 Å². The molecule has 28 heavy (non-hydrogen) atoms. The van der Waals surface area contributed by atoms with Gasteiger partial charge in [-0.3, -0.25) is 0 Å². The summed E-state index contributed by atoms with van der Waals surface area (Å²) in [6.45, 7) is 3.15. The van der Waals surface area contributed by atoms with Crippen LogP contribution in [0.3, 0.4) is 0 Å². The van der Waals surface area contributed by atoms with Gasteiger partial charge in [0.05, 0.1) is 19.8 Å². The molecule has 2 aromatic rings. The molecule has 0 spiro atoms. The number of rotatable bonds is 6. The molecular weight excluding hydrogens is 358 g/mol. The van der Waals surface area contributed by atoms with Crippen molar-refractivity contribution in [2.24, 2.45) is 0 Å². The van der Waals surface area contributed by atoms with Gasteiger partial charge >= 0.3 is 5.97 Å². The molecule has 0 bridgehead atoms. The number of esters is 1. The Balaban J connectivity index is 1.72. The molecule has 1 heterocycles. The number of quaternary nitrogens is 1. The lowest BCUT2D eigenvalue weighted by atomic mass is 10.1. The van der Waals surface area contributed by atoms with Gasteiger partial charge in [-0.1, -0.05) is 60.7 Å². The Labute approximate surface area is 165 Å². The summed E-state index contributed by atoms with van der Waals surface area (Å²) in [5, 5.41) is 0. The van der Waals surface area contributed by atoms with Gasteiger partial charge < -0.3 is 24.7 Å². The molecule has 150 valence electrons. The van der Waals surface area contributed by atoms with E-state index in [9.17, 15) is 4.79 Å². The zero-order chi connectivity index (χ0) is 19.8. The Kier molecular flexibility index (Phi) is 7.56. The maximum absolute atomic E-state index is 12.2. The van der Waals surface area contributed by atoms with Crippen LogP contribution in [0.4, 0.5) is 0 Å². The van der Waals surface area contributed by atoms with Crippen molar-refractivity contribution in [1.29, 1.82) is 0 Å². The van der Waals surface area contributed by atoms with Gasteiger partial charge in [-0.15, -0.1) is 0 Å². The maximum atomic E-state index is 12.2. The second-order valence-corrected chi connectivity index (χ2v) is 6.97. The topological polar surface area (TPSA) is 81.6 Å². The van der Waals surface area contributed by atoms with Crippen LogP contribution in [0.25, 0.3) is 0 Å². The number of benzene rings is 2. The van der Waals surface area contributed by atoms with E-state index in [0.717, 1.165) is 11.1 Å². The summed E-state index contributed by atoms with van der Waals surface area (Å²) in [5.41, 5.74) is 5.91. The van der Waals surface area contributed by atoms with Crippen molar-refractivity contribution in [3.8, 4) is 0 Å². The Morgan fingerprint density at radius 3 is 2.11 bits per heavy atom. The molecule has 0 saturated carbocycles. The van der Waals surface area contributed by atoms with E-state index < -0.39 is 18.2 Å². The fraction of sp³-hybridized carbons (Fsp3) is 0.409. The lowest BCUT2D eigenvalue weighted by Gasteiger charge is -2.30. The van der Waals surface area contributed by atoms with E-state index >= 15 is 0 Å². The summed E-state index contributed by atoms with van der Waals surface area (Å²) in [7, 11) is 0. The van der Waals surface area contributed by atoms with Crippen LogP contribution in [0.2, 0.25) is 0 Å². The van der Waals surface area contributed by atoms with E-state index in [1.807, 2.05) is 67.6 Å². The fourth-order valence-corrected chi connectivity index (χ4v) is 3.07. The van der Waals surface area contributed by atoms with Crippen LogP contribution in [0.5, 0.6) is 0 Å². The molecule has 0 amide bonds. The number of hydrogen-bond donors (Lipinski definition) is 1. The molecule has 3 rings (SSSR count). The number of ether oxygens (including phenoxy) is 4. The molecule has 4 atom stereocenters. The molecule has 6 heteroatoms. The smallest absolute Gasteiger partial charge is 0.367 e. The van der Waals surface area contributed by atoms with E-state index in [0.29, 0.717) is 19.8 Å². The van der Waals surface area contributed by atoms with Crippen LogP contribution in [0, 0.1) is 0 Å². The van der Waals surface area contributed by atoms with Gasteiger partial charge in [0.1, 0.15) is 24.9 Å². The predicted octanol–water partition coefficient (Wildman–Crippen LogP) is 1.73. The molecule has 0 unspecified atom stereocenters. The Morgan fingerprint density at radius 2 is 1.50 bits per heavy atom. The van der Waals surface area contributed by atoms with Crippen LogP contribution in [-0.2, 0) is 37.0 Å². The quantitative estimate of drug-likeness (QED) is 0.765. The van der Waals surface area contributed by atoms with Crippen molar-refractivity contribution < 1.29 is 29.5 Å². The fourth-order valence-electron chi connectivity index (χ4n) is 3.07. The van der Waals surface area contributed by atoms with Crippen molar-refractivity contribution in [3.05, 3.63) is 71.8 Å². The molecule has 0 aliphatic carbocycles. The number of cyclic esters (lactones) is 1. The van der Waals surface area contributed by atoms with Crippen molar-refractivity contribution in [2.75, 3.05) is 13.2 Å². The van der Waals surface area contributed by atoms with E-state index in [-0.39, 0.29) is 18.7 Å². The van der Waals surface area contributed by atoms with Gasteiger partial charge in [0, 0.05) is 0 Å². The van der Waals surface area contributed by atoms with E-state index in [1.165, 1.54) is 0 Å². The van der Waals surface area contributed by atoms with Gasteiger partial charge in [-0.2, -0.15) is 0 Å². The van der Waals surface area contributed by atoms with E-state index in [4.69, 9.17) is 18.9 Å². The first-order valence-corrected chi connectivity index (χ1v) is 9.56. The highest BCUT2D eigenvalue weighted by Crippen LogP contribution is 2.19. The Hall–Kier alpha value is -2.25. The van der Waals surface area contributed by atoms with Gasteiger partial charge in [-0.25, -0.2) is 4.79 Å². The first-order valence-electron chi connectivity index (χ1n) is 9.56. The van der Waals surface area contributed by atoms with Crippen LogP contribution in [0.15, 0.2) is 60.7 Å². The summed E-state index contributed by atoms with van der Waals surface area (Å²) >= 11 is 0. The Morgan fingerprint density at radius 1 is 0.929 bits per heavy atom. The monoisotopic (exact) mass is 386 g/mol. The molecule has 2 aromatic carbocycles. The number of carbonyl (C=O) groups excluding carboxylic acids is 1. The lowest BCUT2D eigenvalue weighted by Crippen LogP contribution is -2.67. The van der Waals surface area contributed by atoms with Crippen LogP contribution < -0.4 is 5.73 Å². The summed E-state index contributed by atoms with van der Waals surface area (Å²) in [6.07, 6.45) is -1.32. The third-order valence-electron chi connectivity index (χ3n) is 4.66. The zero-order valence-electron chi connectivity index (χ0n) is 16.2. The molecule has 1 fully saturated rings. The highest BCUT2D eigenvalue weighted by Gasteiger charge is 2.35. The van der Waals surface area contributed by atoms with Gasteiger partial charge in [0.2, 0.25) is 6.04 Å². The molecule has 0 aromatic heterocycles. The first kappa shape index (κ1) is 20.5. The average Bonchev–Trinajstić information content (AvgIpc) is 2.76. The number of hydrogen-bond acceptors (Lipinski definition) is 5. The maximum Gasteiger partial charge on any atom is 0.367 e. The molecule has 3 N–H and O–H groups in total. The van der Waals surface area contributed by atoms with E-state index in [1.54, 1.807) is 0 Å². The second kappa shape index (κ2) is 10.3. The highest BCUT2D eigenvalue weighted by molar-refractivity contribution is 5.74. The minimum Gasteiger partial charge on any atom is -0.455 e. The normalized spacial score (nSPS) is 26.0. The third-order valence-corrected chi connectivity index (χ3v) is 4.66. The van der Waals surface area contributed by atoms with Crippen molar-refractivity contribution in [3.63, 3.8) is 0 Å². The van der Waals surface area contributed by atoms with Crippen molar-refractivity contribution >= 4 is 5.97 Å². The minimum atomic E-state index is -0.565. The summed E-state index contributed by atoms with van der Waals surface area (Å²) in [5.74, 6) is -0.385. The standard InChI is InChI=1S/C22H27NO5/c1-16-21(27-13-18-10-6-3-7-11-18)20(15-25-14-19(23)22(24)28-16)26-12-17-8-4-2-5-9-17/h2-11,16,19-21H,12-15,23H2,1H3/p+1/t16-,19-,20+,21+/m1/s1. The molecule has 1 saturated heterocycles.